The van der Waals surface area contributed by atoms with E-state index in [0.29, 0.717) is 34.6 Å². The van der Waals surface area contributed by atoms with Gasteiger partial charge >= 0.3 is 0 Å². The van der Waals surface area contributed by atoms with Crippen LogP contribution >= 0.6 is 11.6 Å². The number of nitrogens with zero attached hydrogens (tertiary/aromatic N) is 2. The summed E-state index contributed by atoms with van der Waals surface area (Å²) >= 11 is 5.95. The number of hydrogen-bond donors (Lipinski definition) is 0. The van der Waals surface area contributed by atoms with E-state index in [2.05, 4.69) is 6.07 Å². The summed E-state index contributed by atoms with van der Waals surface area (Å²) in [7, 11) is 0. The molecule has 2 nitrogen and oxygen atoms in total. The lowest BCUT2D eigenvalue weighted by Gasteiger charge is -2.06. The summed E-state index contributed by atoms with van der Waals surface area (Å²) in [6, 6.07) is 13.6. The van der Waals surface area contributed by atoms with E-state index in [-0.39, 0.29) is 0 Å². The molecule has 0 heterocycles. The number of nitriles is 2. The molecular weight excluding hydrogens is 275 g/mol. The minimum atomic E-state index is -0.399. The van der Waals surface area contributed by atoms with Crippen molar-refractivity contribution in [3.8, 4) is 12.1 Å². The molecule has 0 bridgehead atoms. The zero-order chi connectivity index (χ0) is 14.5. The van der Waals surface area contributed by atoms with E-state index in [4.69, 9.17) is 22.1 Å². The van der Waals surface area contributed by atoms with Crippen molar-refractivity contribution in [2.75, 3.05) is 0 Å². The number of rotatable bonds is 3. The van der Waals surface area contributed by atoms with Crippen LogP contribution in [0.1, 0.15) is 22.3 Å². The van der Waals surface area contributed by atoms with E-state index in [1.54, 1.807) is 24.3 Å². The van der Waals surface area contributed by atoms with Gasteiger partial charge in [-0.2, -0.15) is 10.5 Å². The topological polar surface area (TPSA) is 47.6 Å². The van der Waals surface area contributed by atoms with Crippen LogP contribution in [0.5, 0.6) is 0 Å². The lowest BCUT2D eigenvalue weighted by atomic mass is 9.99. The summed E-state index contributed by atoms with van der Waals surface area (Å²) in [5.74, 6) is -0.399. The molecule has 0 fully saturated rings. The molecule has 98 valence electrons. The second-order valence-corrected chi connectivity index (χ2v) is 4.71. The highest BCUT2D eigenvalue weighted by Crippen LogP contribution is 2.21. The quantitative estimate of drug-likeness (QED) is 0.855. The average molecular weight is 285 g/mol. The molecule has 2 rings (SSSR count). The van der Waals surface area contributed by atoms with Crippen LogP contribution in [0.4, 0.5) is 4.39 Å². The molecule has 0 atom stereocenters. The van der Waals surface area contributed by atoms with Gasteiger partial charge in [-0.05, 0) is 42.2 Å². The highest BCUT2D eigenvalue weighted by Gasteiger charge is 2.08. The summed E-state index contributed by atoms with van der Waals surface area (Å²) in [6.07, 6.45) is 0.971. The zero-order valence-electron chi connectivity index (χ0n) is 10.5. The minimum Gasteiger partial charge on any atom is -0.207 e. The molecule has 0 aromatic heterocycles. The van der Waals surface area contributed by atoms with Gasteiger partial charge in [0.15, 0.2) is 0 Å². The summed E-state index contributed by atoms with van der Waals surface area (Å²) < 4.78 is 13.8. The summed E-state index contributed by atoms with van der Waals surface area (Å²) in [5, 5.41) is 18.2. The third-order valence-corrected chi connectivity index (χ3v) is 3.37. The van der Waals surface area contributed by atoms with Gasteiger partial charge in [-0.3, -0.25) is 0 Å². The van der Waals surface area contributed by atoms with Gasteiger partial charge in [0.1, 0.15) is 11.9 Å². The molecule has 4 heteroatoms. The van der Waals surface area contributed by atoms with E-state index < -0.39 is 5.82 Å². The molecule has 2 aromatic rings. The summed E-state index contributed by atoms with van der Waals surface area (Å²) in [5.41, 5.74) is 2.05. The van der Waals surface area contributed by atoms with Gasteiger partial charge in [-0.15, -0.1) is 0 Å². The van der Waals surface area contributed by atoms with Crippen molar-refractivity contribution in [3.63, 3.8) is 0 Å². The minimum absolute atomic E-state index is 0.298. The van der Waals surface area contributed by atoms with Crippen LogP contribution in [-0.4, -0.2) is 0 Å². The smallest absolute Gasteiger partial charge is 0.127 e. The second-order valence-electron chi connectivity index (χ2n) is 4.30. The molecular formula is C16H10ClFN2. The Morgan fingerprint density at radius 1 is 1.00 bits per heavy atom. The Kier molecular flexibility index (Phi) is 4.35. The second kappa shape index (κ2) is 6.19. The van der Waals surface area contributed by atoms with Crippen molar-refractivity contribution in [3.05, 3.63) is 69.5 Å². The van der Waals surface area contributed by atoms with Crippen LogP contribution in [0.2, 0.25) is 5.02 Å². The van der Waals surface area contributed by atoms with E-state index >= 15 is 0 Å². The maximum atomic E-state index is 13.8. The normalized spacial score (nSPS) is 9.80. The fourth-order valence-corrected chi connectivity index (χ4v) is 2.23. The fraction of sp³-hybridized carbons (Fsp3) is 0.125. The summed E-state index contributed by atoms with van der Waals surface area (Å²) in [4.78, 5) is 0. The Hall–Kier alpha value is -2.36. The maximum Gasteiger partial charge on any atom is 0.127 e. The van der Waals surface area contributed by atoms with Crippen LogP contribution in [-0.2, 0) is 12.8 Å². The molecule has 0 spiro atoms. The third-order valence-electron chi connectivity index (χ3n) is 3.06. The zero-order valence-corrected chi connectivity index (χ0v) is 11.3. The Bertz CT molecular complexity index is 726. The third kappa shape index (κ3) is 2.96. The molecule has 0 saturated heterocycles. The van der Waals surface area contributed by atoms with E-state index in [1.807, 2.05) is 12.1 Å². The first-order valence-electron chi connectivity index (χ1n) is 6.01. The Labute approximate surface area is 121 Å². The maximum absolute atomic E-state index is 13.8. The first-order chi connectivity index (χ1) is 9.65. The molecule has 0 aliphatic rings. The van der Waals surface area contributed by atoms with E-state index in [1.165, 1.54) is 6.07 Å². The van der Waals surface area contributed by atoms with Gasteiger partial charge in [0.25, 0.3) is 0 Å². The van der Waals surface area contributed by atoms with Gasteiger partial charge in [-0.1, -0.05) is 29.8 Å². The SMILES string of the molecule is N#Cc1ccc(CCc2cccc(Cl)c2C#N)c(F)c1. The molecule has 0 amide bonds. The molecule has 0 aliphatic heterocycles. The fourth-order valence-electron chi connectivity index (χ4n) is 1.99. The van der Waals surface area contributed by atoms with Gasteiger partial charge in [0.05, 0.1) is 22.2 Å². The lowest BCUT2D eigenvalue weighted by molar-refractivity contribution is 0.608. The lowest BCUT2D eigenvalue weighted by Crippen LogP contribution is -1.98. The highest BCUT2D eigenvalue weighted by molar-refractivity contribution is 6.31. The van der Waals surface area contributed by atoms with Gasteiger partial charge in [0.2, 0.25) is 0 Å². The highest BCUT2D eigenvalue weighted by atomic mass is 35.5. The van der Waals surface area contributed by atoms with Gasteiger partial charge < -0.3 is 0 Å². The van der Waals surface area contributed by atoms with Crippen LogP contribution in [0, 0.1) is 28.5 Å². The average Bonchev–Trinajstić information content (AvgIpc) is 2.46. The first kappa shape index (κ1) is 14.1. The molecule has 20 heavy (non-hydrogen) atoms. The van der Waals surface area contributed by atoms with Crippen LogP contribution in [0.3, 0.4) is 0 Å². The Balaban J connectivity index is 2.20. The van der Waals surface area contributed by atoms with E-state index in [9.17, 15) is 4.39 Å². The standard InChI is InChI=1S/C16H10ClFN2/c17-15-3-1-2-12(14(15)10-20)6-7-13-5-4-11(9-19)8-16(13)18/h1-5,8H,6-7H2. The number of benzene rings is 2. The predicted octanol–water partition coefficient (Wildman–Crippen LogP) is 4.01. The largest absolute Gasteiger partial charge is 0.207 e. The van der Waals surface area contributed by atoms with Crippen molar-refractivity contribution in [1.82, 2.24) is 0 Å². The van der Waals surface area contributed by atoms with Crippen molar-refractivity contribution < 1.29 is 4.39 Å². The molecule has 0 aliphatic carbocycles. The Morgan fingerprint density at radius 2 is 1.75 bits per heavy atom. The van der Waals surface area contributed by atoms with Crippen molar-refractivity contribution in [2.45, 2.75) is 12.8 Å². The molecule has 0 radical (unpaired) electrons. The van der Waals surface area contributed by atoms with E-state index in [0.717, 1.165) is 5.56 Å². The van der Waals surface area contributed by atoms with Crippen LogP contribution in [0.15, 0.2) is 36.4 Å². The number of hydrogen-bond acceptors (Lipinski definition) is 2. The molecule has 0 saturated carbocycles. The number of halogens is 2. The summed E-state index contributed by atoms with van der Waals surface area (Å²) in [6.45, 7) is 0. The van der Waals surface area contributed by atoms with Crippen molar-refractivity contribution in [1.29, 1.82) is 10.5 Å². The van der Waals surface area contributed by atoms with Crippen LogP contribution < -0.4 is 0 Å². The van der Waals surface area contributed by atoms with Crippen molar-refractivity contribution >= 4 is 11.6 Å². The number of aryl methyl sites for hydroxylation is 2. The predicted molar refractivity (Wildman–Crippen MR) is 74.7 cm³/mol. The molecule has 2 aromatic carbocycles. The molecule has 0 N–H and O–H groups in total. The molecule has 0 unspecified atom stereocenters. The van der Waals surface area contributed by atoms with Crippen LogP contribution in [0.25, 0.3) is 0 Å². The van der Waals surface area contributed by atoms with Crippen molar-refractivity contribution in [2.24, 2.45) is 0 Å². The monoisotopic (exact) mass is 284 g/mol. The van der Waals surface area contributed by atoms with Gasteiger partial charge in [0, 0.05) is 0 Å². The first-order valence-corrected chi connectivity index (χ1v) is 6.39. The Morgan fingerprint density at radius 3 is 2.40 bits per heavy atom. The van der Waals surface area contributed by atoms with Gasteiger partial charge in [-0.25, -0.2) is 4.39 Å².